The summed E-state index contributed by atoms with van der Waals surface area (Å²) in [7, 11) is 1.91. The van der Waals surface area contributed by atoms with Gasteiger partial charge in [-0.1, -0.05) is 6.92 Å². The highest BCUT2D eigenvalue weighted by molar-refractivity contribution is 5.74. The first-order valence-electron chi connectivity index (χ1n) is 5.60. The number of rotatable bonds is 4. The minimum absolute atomic E-state index is 0.175. The van der Waals surface area contributed by atoms with Gasteiger partial charge in [-0.2, -0.15) is 0 Å². The molecule has 0 aromatic heterocycles. The summed E-state index contributed by atoms with van der Waals surface area (Å²) in [6.07, 6.45) is 1.29. The Morgan fingerprint density at radius 2 is 1.86 bits per heavy atom. The van der Waals surface area contributed by atoms with Gasteiger partial charge in [0.05, 0.1) is 0 Å². The topological polar surface area (TPSA) is 23.6 Å². The fourth-order valence-corrected chi connectivity index (χ4v) is 1.82. The van der Waals surface area contributed by atoms with E-state index < -0.39 is 0 Å². The third-order valence-electron chi connectivity index (χ3n) is 3.15. The molecule has 0 aromatic carbocycles. The highest BCUT2D eigenvalue weighted by Crippen LogP contribution is 2.38. The average Bonchev–Trinajstić information content (AvgIpc) is 2.83. The van der Waals surface area contributed by atoms with Crippen LogP contribution in [0, 0.1) is 11.8 Å². The van der Waals surface area contributed by atoms with Crippen LogP contribution in [0.5, 0.6) is 0 Å². The summed E-state index contributed by atoms with van der Waals surface area (Å²) >= 11 is 0. The quantitative estimate of drug-likeness (QED) is 0.678. The first-order valence-corrected chi connectivity index (χ1v) is 5.60. The molecule has 0 spiro atoms. The monoisotopic (exact) mass is 198 g/mol. The predicted molar refractivity (Wildman–Crippen MR) is 58.2 cm³/mol. The highest BCUT2D eigenvalue weighted by Gasteiger charge is 2.34. The fourth-order valence-electron chi connectivity index (χ4n) is 1.82. The van der Waals surface area contributed by atoms with Gasteiger partial charge in [-0.05, 0) is 32.1 Å². The Balaban J connectivity index is 2.34. The number of carbonyl (C=O) groups excluding carboxylic acids is 1. The third-order valence-corrected chi connectivity index (χ3v) is 3.15. The lowest BCUT2D eigenvalue weighted by Crippen LogP contribution is -2.41. The summed E-state index contributed by atoms with van der Waals surface area (Å²) in [5.74, 6) is 1.57. The van der Waals surface area contributed by atoms with Crippen LogP contribution < -0.4 is 0 Å². The van der Waals surface area contributed by atoms with E-state index in [-0.39, 0.29) is 6.03 Å². The van der Waals surface area contributed by atoms with Gasteiger partial charge in [0.25, 0.3) is 0 Å². The zero-order chi connectivity index (χ0) is 10.7. The molecule has 1 saturated carbocycles. The lowest BCUT2D eigenvalue weighted by Gasteiger charge is -2.26. The molecule has 1 fully saturated rings. The fraction of sp³-hybridized carbons (Fsp3) is 0.909. The van der Waals surface area contributed by atoms with Crippen LogP contribution in [0.3, 0.4) is 0 Å². The van der Waals surface area contributed by atoms with Gasteiger partial charge in [0.1, 0.15) is 0 Å². The molecule has 2 atom stereocenters. The van der Waals surface area contributed by atoms with Crippen molar-refractivity contribution in [3.63, 3.8) is 0 Å². The summed E-state index contributed by atoms with van der Waals surface area (Å²) in [4.78, 5) is 15.6. The number of carbonyl (C=O) groups is 1. The van der Waals surface area contributed by atoms with E-state index in [0.29, 0.717) is 0 Å². The second-order valence-electron chi connectivity index (χ2n) is 4.31. The Morgan fingerprint density at radius 1 is 1.36 bits per heavy atom. The molecule has 0 heterocycles. The van der Waals surface area contributed by atoms with Crippen LogP contribution in [0.4, 0.5) is 4.79 Å². The van der Waals surface area contributed by atoms with Gasteiger partial charge in [-0.3, -0.25) is 0 Å². The molecule has 0 bridgehead atoms. The molecule has 1 rings (SSSR count). The number of amides is 2. The Morgan fingerprint density at radius 3 is 2.21 bits per heavy atom. The molecule has 1 aliphatic carbocycles. The van der Waals surface area contributed by atoms with E-state index in [4.69, 9.17) is 0 Å². The van der Waals surface area contributed by atoms with E-state index in [1.54, 1.807) is 0 Å². The van der Waals surface area contributed by atoms with E-state index in [2.05, 4.69) is 6.92 Å². The van der Waals surface area contributed by atoms with Gasteiger partial charge in [0.2, 0.25) is 0 Å². The van der Waals surface area contributed by atoms with E-state index in [0.717, 1.165) is 31.5 Å². The minimum Gasteiger partial charge on any atom is -0.327 e. The number of nitrogens with zero attached hydrogens (tertiary/aromatic N) is 2. The Kier molecular flexibility index (Phi) is 3.78. The summed E-state index contributed by atoms with van der Waals surface area (Å²) in [5.41, 5.74) is 0. The molecular formula is C11H22N2O. The molecule has 2 unspecified atom stereocenters. The second kappa shape index (κ2) is 4.67. The van der Waals surface area contributed by atoms with Crippen LogP contribution in [0.1, 0.15) is 27.2 Å². The zero-order valence-corrected chi connectivity index (χ0v) is 9.79. The van der Waals surface area contributed by atoms with Crippen LogP contribution in [0.25, 0.3) is 0 Å². The van der Waals surface area contributed by atoms with E-state index in [9.17, 15) is 4.79 Å². The van der Waals surface area contributed by atoms with Crippen molar-refractivity contribution in [1.82, 2.24) is 9.80 Å². The number of hydrogen-bond donors (Lipinski definition) is 0. The Hall–Kier alpha value is -0.730. The average molecular weight is 198 g/mol. The van der Waals surface area contributed by atoms with Crippen LogP contribution in [0.15, 0.2) is 0 Å². The molecule has 0 aliphatic heterocycles. The minimum atomic E-state index is 0.175. The van der Waals surface area contributed by atoms with Crippen LogP contribution in [0.2, 0.25) is 0 Å². The number of hydrogen-bond acceptors (Lipinski definition) is 1. The predicted octanol–water partition coefficient (Wildman–Crippen LogP) is 2.04. The molecule has 1 aliphatic rings. The van der Waals surface area contributed by atoms with Gasteiger partial charge in [-0.25, -0.2) is 4.79 Å². The SMILES string of the molecule is CCN(CC)C(=O)N(C)CC1CC1C. The zero-order valence-electron chi connectivity index (χ0n) is 9.79. The second-order valence-corrected chi connectivity index (χ2v) is 4.31. The van der Waals surface area contributed by atoms with Crippen molar-refractivity contribution >= 4 is 6.03 Å². The molecule has 14 heavy (non-hydrogen) atoms. The lowest BCUT2D eigenvalue weighted by molar-refractivity contribution is 0.165. The van der Waals surface area contributed by atoms with Crippen molar-refractivity contribution < 1.29 is 4.79 Å². The van der Waals surface area contributed by atoms with Crippen molar-refractivity contribution in [2.45, 2.75) is 27.2 Å². The molecule has 3 nitrogen and oxygen atoms in total. The molecule has 82 valence electrons. The summed E-state index contributed by atoms with van der Waals surface area (Å²) < 4.78 is 0. The van der Waals surface area contributed by atoms with Crippen molar-refractivity contribution in [2.24, 2.45) is 11.8 Å². The Bertz CT molecular complexity index is 201. The molecular weight excluding hydrogens is 176 g/mol. The van der Waals surface area contributed by atoms with Crippen molar-refractivity contribution in [3.05, 3.63) is 0 Å². The molecule has 3 heteroatoms. The highest BCUT2D eigenvalue weighted by atomic mass is 16.2. The first kappa shape index (κ1) is 11.3. The maximum Gasteiger partial charge on any atom is 0.319 e. The van der Waals surface area contributed by atoms with Gasteiger partial charge in [0, 0.05) is 26.7 Å². The van der Waals surface area contributed by atoms with E-state index >= 15 is 0 Å². The van der Waals surface area contributed by atoms with Crippen LogP contribution in [-0.2, 0) is 0 Å². The van der Waals surface area contributed by atoms with Crippen LogP contribution in [-0.4, -0.2) is 42.5 Å². The maximum absolute atomic E-state index is 11.8. The molecule has 0 saturated heterocycles. The van der Waals surface area contributed by atoms with Gasteiger partial charge < -0.3 is 9.80 Å². The summed E-state index contributed by atoms with van der Waals surface area (Å²) in [6, 6.07) is 0.175. The van der Waals surface area contributed by atoms with Crippen molar-refractivity contribution in [2.75, 3.05) is 26.7 Å². The molecule has 0 N–H and O–H groups in total. The third kappa shape index (κ3) is 2.63. The van der Waals surface area contributed by atoms with E-state index in [1.165, 1.54) is 6.42 Å². The maximum atomic E-state index is 11.8. The smallest absolute Gasteiger partial charge is 0.319 e. The normalized spacial score (nSPS) is 24.6. The van der Waals surface area contributed by atoms with Crippen molar-refractivity contribution in [1.29, 1.82) is 0 Å². The van der Waals surface area contributed by atoms with E-state index in [1.807, 2.05) is 30.7 Å². The standard InChI is InChI=1S/C11H22N2O/c1-5-13(6-2)11(14)12(4)8-10-7-9(10)3/h9-10H,5-8H2,1-4H3. The lowest BCUT2D eigenvalue weighted by atomic mass is 10.3. The van der Waals surface area contributed by atoms with Gasteiger partial charge in [-0.15, -0.1) is 0 Å². The Labute approximate surface area is 87.1 Å². The molecule has 0 aromatic rings. The van der Waals surface area contributed by atoms with Gasteiger partial charge in [0.15, 0.2) is 0 Å². The van der Waals surface area contributed by atoms with Crippen LogP contribution >= 0.6 is 0 Å². The molecule has 2 amide bonds. The first-order chi connectivity index (χ1) is 6.60. The van der Waals surface area contributed by atoms with Crippen molar-refractivity contribution in [3.8, 4) is 0 Å². The summed E-state index contributed by atoms with van der Waals surface area (Å²) in [6.45, 7) is 8.83. The summed E-state index contributed by atoms with van der Waals surface area (Å²) in [5, 5.41) is 0. The number of urea groups is 1. The largest absolute Gasteiger partial charge is 0.327 e. The van der Waals surface area contributed by atoms with Gasteiger partial charge >= 0.3 is 6.03 Å². The molecule has 0 radical (unpaired) electrons.